The highest BCUT2D eigenvalue weighted by atomic mass is 16.3. The number of hydrogen-bond acceptors (Lipinski definition) is 2. The Kier molecular flexibility index (Phi) is 4.88. The van der Waals surface area contributed by atoms with E-state index in [0.29, 0.717) is 5.91 Å². The van der Waals surface area contributed by atoms with Gasteiger partial charge >= 0.3 is 0 Å². The smallest absolute Gasteiger partial charge is 0.228 e. The Hall–Kier alpha value is -0.570. The molecule has 1 N–H and O–H groups in total. The summed E-state index contributed by atoms with van der Waals surface area (Å²) in [6, 6.07) is 0.257. The molecule has 3 nitrogen and oxygen atoms in total. The molecular formula is C16H29NO2. The van der Waals surface area contributed by atoms with E-state index in [0.717, 1.165) is 38.6 Å². The van der Waals surface area contributed by atoms with E-state index in [9.17, 15) is 9.90 Å². The molecule has 0 aromatic carbocycles. The van der Waals surface area contributed by atoms with Crippen LogP contribution in [-0.2, 0) is 4.79 Å². The van der Waals surface area contributed by atoms with Crippen LogP contribution >= 0.6 is 0 Å². The normalized spacial score (nSPS) is 29.0. The molecular weight excluding hydrogens is 238 g/mol. The van der Waals surface area contributed by atoms with Crippen molar-refractivity contribution in [2.45, 2.75) is 83.8 Å². The van der Waals surface area contributed by atoms with E-state index < -0.39 is 0 Å². The number of nitrogens with zero attached hydrogens (tertiary/aromatic N) is 1. The van der Waals surface area contributed by atoms with Gasteiger partial charge in [-0.3, -0.25) is 4.79 Å². The minimum Gasteiger partial charge on any atom is -0.393 e. The molecule has 0 radical (unpaired) electrons. The fourth-order valence-corrected chi connectivity index (χ4v) is 3.80. The van der Waals surface area contributed by atoms with Crippen LogP contribution in [0.5, 0.6) is 0 Å². The van der Waals surface area contributed by atoms with E-state index in [-0.39, 0.29) is 17.6 Å². The molecule has 2 aliphatic rings. The molecule has 1 amide bonds. The van der Waals surface area contributed by atoms with Crippen molar-refractivity contribution >= 4 is 5.91 Å². The molecule has 0 bridgehead atoms. The standard InChI is InChI=1S/C16H29NO2/c1-13(18)12-14-8-4-3-7-11-17(14)15(19)16(2)9-5-6-10-16/h13-14,18H,3-12H2,1-2H3. The zero-order valence-electron chi connectivity index (χ0n) is 12.5. The fraction of sp³-hybridized carbons (Fsp3) is 0.938. The van der Waals surface area contributed by atoms with Crippen LogP contribution < -0.4 is 0 Å². The molecule has 110 valence electrons. The highest BCUT2D eigenvalue weighted by Crippen LogP contribution is 2.40. The Balaban J connectivity index is 2.10. The van der Waals surface area contributed by atoms with Crippen molar-refractivity contribution in [3.63, 3.8) is 0 Å². The van der Waals surface area contributed by atoms with Gasteiger partial charge in [-0.15, -0.1) is 0 Å². The number of carbonyl (C=O) groups is 1. The predicted molar refractivity (Wildman–Crippen MR) is 76.8 cm³/mol. The maximum atomic E-state index is 12.9. The van der Waals surface area contributed by atoms with E-state index in [2.05, 4.69) is 11.8 Å². The van der Waals surface area contributed by atoms with Crippen LogP contribution in [0.2, 0.25) is 0 Å². The van der Waals surface area contributed by atoms with Crippen LogP contribution in [-0.4, -0.2) is 34.6 Å². The molecule has 1 aliphatic heterocycles. The van der Waals surface area contributed by atoms with Crippen molar-refractivity contribution in [2.24, 2.45) is 5.41 Å². The predicted octanol–water partition coefficient (Wildman–Crippen LogP) is 3.11. The third-order valence-corrected chi connectivity index (χ3v) is 4.97. The van der Waals surface area contributed by atoms with Gasteiger partial charge in [0.1, 0.15) is 0 Å². The SMILES string of the molecule is CC(O)CC1CCCCCN1C(=O)C1(C)CCCC1. The van der Waals surface area contributed by atoms with Crippen molar-refractivity contribution in [3.8, 4) is 0 Å². The number of hydrogen-bond donors (Lipinski definition) is 1. The molecule has 2 unspecified atom stereocenters. The zero-order chi connectivity index (χ0) is 13.9. The maximum Gasteiger partial charge on any atom is 0.228 e. The topological polar surface area (TPSA) is 40.5 Å². The first-order valence-electron chi connectivity index (χ1n) is 8.02. The first-order valence-corrected chi connectivity index (χ1v) is 8.02. The summed E-state index contributed by atoms with van der Waals surface area (Å²) in [5.74, 6) is 0.359. The van der Waals surface area contributed by atoms with Gasteiger partial charge in [0.25, 0.3) is 0 Å². The van der Waals surface area contributed by atoms with Crippen molar-refractivity contribution in [3.05, 3.63) is 0 Å². The number of rotatable bonds is 3. The second-order valence-corrected chi connectivity index (χ2v) is 6.85. The summed E-state index contributed by atoms with van der Waals surface area (Å²) in [5.41, 5.74) is -0.124. The van der Waals surface area contributed by atoms with Crippen LogP contribution in [0.4, 0.5) is 0 Å². The van der Waals surface area contributed by atoms with Crippen molar-refractivity contribution in [1.29, 1.82) is 0 Å². The van der Waals surface area contributed by atoms with Gasteiger partial charge < -0.3 is 10.0 Å². The molecule has 0 aromatic rings. The monoisotopic (exact) mass is 267 g/mol. The zero-order valence-corrected chi connectivity index (χ0v) is 12.5. The second kappa shape index (κ2) is 6.25. The highest BCUT2D eigenvalue weighted by molar-refractivity contribution is 5.83. The minimum atomic E-state index is -0.310. The lowest BCUT2D eigenvalue weighted by atomic mass is 9.86. The van der Waals surface area contributed by atoms with Gasteiger partial charge in [-0.2, -0.15) is 0 Å². The second-order valence-electron chi connectivity index (χ2n) is 6.85. The number of carbonyl (C=O) groups excluding carboxylic acids is 1. The Morgan fingerprint density at radius 2 is 1.95 bits per heavy atom. The summed E-state index contributed by atoms with van der Waals surface area (Å²) < 4.78 is 0. The van der Waals surface area contributed by atoms with Gasteiger partial charge in [0.05, 0.1) is 6.10 Å². The average Bonchev–Trinajstić information content (AvgIpc) is 2.68. The van der Waals surface area contributed by atoms with Crippen molar-refractivity contribution < 1.29 is 9.90 Å². The van der Waals surface area contributed by atoms with Gasteiger partial charge in [0, 0.05) is 18.0 Å². The van der Waals surface area contributed by atoms with Crippen LogP contribution in [0.25, 0.3) is 0 Å². The molecule has 2 fully saturated rings. The number of amides is 1. The molecule has 1 heterocycles. The van der Waals surface area contributed by atoms with Crippen LogP contribution in [0, 0.1) is 5.41 Å². The summed E-state index contributed by atoms with van der Waals surface area (Å²) >= 11 is 0. The lowest BCUT2D eigenvalue weighted by Gasteiger charge is -2.37. The van der Waals surface area contributed by atoms with Gasteiger partial charge in [-0.25, -0.2) is 0 Å². The summed E-state index contributed by atoms with van der Waals surface area (Å²) in [4.78, 5) is 15.0. The van der Waals surface area contributed by atoms with Crippen molar-refractivity contribution in [1.82, 2.24) is 4.90 Å². The van der Waals surface area contributed by atoms with E-state index in [1.807, 2.05) is 6.92 Å². The molecule has 1 saturated heterocycles. The Morgan fingerprint density at radius 1 is 1.26 bits per heavy atom. The molecule has 1 aliphatic carbocycles. The molecule has 3 heteroatoms. The molecule has 0 aromatic heterocycles. The number of aliphatic hydroxyl groups excluding tert-OH is 1. The first kappa shape index (κ1) is 14.8. The van der Waals surface area contributed by atoms with Gasteiger partial charge in [0.15, 0.2) is 0 Å². The molecule has 0 spiro atoms. The number of likely N-dealkylation sites (tertiary alicyclic amines) is 1. The quantitative estimate of drug-likeness (QED) is 0.853. The van der Waals surface area contributed by atoms with E-state index in [1.54, 1.807) is 0 Å². The van der Waals surface area contributed by atoms with Crippen LogP contribution in [0.3, 0.4) is 0 Å². The lowest BCUT2D eigenvalue weighted by Crippen LogP contribution is -2.47. The Morgan fingerprint density at radius 3 is 2.58 bits per heavy atom. The highest BCUT2D eigenvalue weighted by Gasteiger charge is 2.41. The number of aliphatic hydroxyl groups is 1. The molecule has 19 heavy (non-hydrogen) atoms. The minimum absolute atomic E-state index is 0.124. The van der Waals surface area contributed by atoms with Crippen LogP contribution in [0.1, 0.15) is 71.6 Å². The maximum absolute atomic E-state index is 12.9. The van der Waals surface area contributed by atoms with Gasteiger partial charge in [-0.1, -0.05) is 32.6 Å². The van der Waals surface area contributed by atoms with E-state index in [4.69, 9.17) is 0 Å². The van der Waals surface area contributed by atoms with Gasteiger partial charge in [0.2, 0.25) is 5.91 Å². The molecule has 2 atom stereocenters. The average molecular weight is 267 g/mol. The summed E-state index contributed by atoms with van der Waals surface area (Å²) in [5, 5.41) is 9.69. The van der Waals surface area contributed by atoms with E-state index >= 15 is 0 Å². The molecule has 1 saturated carbocycles. The third kappa shape index (κ3) is 3.50. The van der Waals surface area contributed by atoms with Gasteiger partial charge in [-0.05, 0) is 39.0 Å². The summed E-state index contributed by atoms with van der Waals surface area (Å²) in [6.45, 7) is 4.88. The van der Waals surface area contributed by atoms with Crippen molar-refractivity contribution in [2.75, 3.05) is 6.54 Å². The third-order valence-electron chi connectivity index (χ3n) is 4.97. The lowest BCUT2D eigenvalue weighted by molar-refractivity contribution is -0.144. The molecule has 2 rings (SSSR count). The fourth-order valence-electron chi connectivity index (χ4n) is 3.80. The van der Waals surface area contributed by atoms with Crippen LogP contribution in [0.15, 0.2) is 0 Å². The Labute approximate surface area is 117 Å². The summed E-state index contributed by atoms with van der Waals surface area (Å²) in [7, 11) is 0. The summed E-state index contributed by atoms with van der Waals surface area (Å²) in [6.07, 6.45) is 9.50. The van der Waals surface area contributed by atoms with E-state index in [1.165, 1.54) is 25.7 Å². The largest absolute Gasteiger partial charge is 0.393 e. The Bertz CT molecular complexity index is 308. The first-order chi connectivity index (χ1) is 9.03.